The highest BCUT2D eigenvalue weighted by Gasteiger charge is 2.36. The van der Waals surface area contributed by atoms with Crippen LogP contribution in [-0.4, -0.2) is 36.6 Å². The van der Waals surface area contributed by atoms with Crippen molar-refractivity contribution in [3.8, 4) is 11.5 Å². The van der Waals surface area contributed by atoms with Crippen LogP contribution in [-0.2, 0) is 9.59 Å². The van der Waals surface area contributed by atoms with Gasteiger partial charge in [-0.25, -0.2) is 4.98 Å². The molecule has 0 unspecified atom stereocenters. The highest BCUT2D eigenvalue weighted by Crippen LogP contribution is 2.36. The first kappa shape index (κ1) is 18.2. The van der Waals surface area contributed by atoms with Crippen molar-refractivity contribution in [3.63, 3.8) is 0 Å². The van der Waals surface area contributed by atoms with E-state index in [2.05, 4.69) is 10.3 Å². The van der Waals surface area contributed by atoms with Crippen LogP contribution < -0.4 is 19.7 Å². The monoisotopic (exact) mass is 429 g/mol. The topological polar surface area (TPSA) is 80.8 Å². The Hall–Kier alpha value is -2.84. The van der Waals surface area contributed by atoms with Gasteiger partial charge in [0.25, 0.3) is 0 Å². The first-order chi connectivity index (χ1) is 14.1. The second-order valence-corrected chi connectivity index (χ2v) is 8.32. The van der Waals surface area contributed by atoms with Gasteiger partial charge in [-0.15, -0.1) is 0 Å². The second-order valence-electron chi connectivity index (χ2n) is 6.85. The molecule has 9 heteroatoms. The van der Waals surface area contributed by atoms with Gasteiger partial charge in [-0.2, -0.15) is 0 Å². The van der Waals surface area contributed by atoms with Gasteiger partial charge in [0.1, 0.15) is 13.2 Å². The largest absolute Gasteiger partial charge is 0.486 e. The molecule has 5 rings (SSSR count). The summed E-state index contributed by atoms with van der Waals surface area (Å²) in [7, 11) is 0. The molecule has 0 bridgehead atoms. The van der Waals surface area contributed by atoms with Crippen LogP contribution >= 0.6 is 22.9 Å². The van der Waals surface area contributed by atoms with Crippen molar-refractivity contribution in [2.24, 2.45) is 5.92 Å². The molecule has 1 atom stereocenters. The van der Waals surface area contributed by atoms with Crippen LogP contribution in [0.5, 0.6) is 11.5 Å². The molecule has 0 radical (unpaired) electrons. The Morgan fingerprint density at radius 2 is 2.00 bits per heavy atom. The molecule has 2 aromatic carbocycles. The lowest BCUT2D eigenvalue weighted by molar-refractivity contribution is -0.122. The summed E-state index contributed by atoms with van der Waals surface area (Å²) < 4.78 is 12.0. The molecule has 2 aliphatic heterocycles. The lowest BCUT2D eigenvalue weighted by atomic mass is 10.1. The van der Waals surface area contributed by atoms with E-state index in [0.717, 1.165) is 10.2 Å². The van der Waals surface area contributed by atoms with Gasteiger partial charge in [0.05, 0.1) is 16.1 Å². The SMILES string of the molecule is O=C(Nc1nc2ccc(Cl)cc2s1)[C@@H]1CC(=O)N(c2ccc3c(c2)OCCO3)C1. The summed E-state index contributed by atoms with van der Waals surface area (Å²) in [4.78, 5) is 31.3. The Labute approximate surface area is 175 Å². The molecule has 7 nitrogen and oxygen atoms in total. The molecule has 29 heavy (non-hydrogen) atoms. The van der Waals surface area contributed by atoms with Crippen molar-refractivity contribution in [2.45, 2.75) is 6.42 Å². The van der Waals surface area contributed by atoms with Gasteiger partial charge in [0, 0.05) is 29.7 Å². The molecule has 1 fully saturated rings. The van der Waals surface area contributed by atoms with E-state index < -0.39 is 5.92 Å². The average Bonchev–Trinajstić information content (AvgIpc) is 3.30. The van der Waals surface area contributed by atoms with Crippen molar-refractivity contribution in [1.29, 1.82) is 0 Å². The number of fused-ring (bicyclic) bond motifs is 2. The zero-order valence-electron chi connectivity index (χ0n) is 15.2. The maximum atomic E-state index is 12.7. The fourth-order valence-electron chi connectivity index (χ4n) is 3.49. The van der Waals surface area contributed by atoms with Crippen LogP contribution in [0.15, 0.2) is 36.4 Å². The number of benzene rings is 2. The van der Waals surface area contributed by atoms with Crippen LogP contribution in [0, 0.1) is 5.92 Å². The molecule has 148 valence electrons. The van der Waals surface area contributed by atoms with Crippen LogP contribution in [0.25, 0.3) is 10.2 Å². The summed E-state index contributed by atoms with van der Waals surface area (Å²) in [5.41, 5.74) is 1.47. The van der Waals surface area contributed by atoms with Crippen molar-refractivity contribution in [2.75, 3.05) is 30.0 Å². The number of thiazole rings is 1. The number of aromatic nitrogens is 1. The van der Waals surface area contributed by atoms with Crippen molar-refractivity contribution >= 4 is 55.8 Å². The lowest BCUT2D eigenvalue weighted by Crippen LogP contribution is -2.28. The number of anilines is 2. The smallest absolute Gasteiger partial charge is 0.231 e. The number of nitrogens with one attached hydrogen (secondary N) is 1. The first-order valence-corrected chi connectivity index (χ1v) is 10.3. The molecular weight excluding hydrogens is 414 g/mol. The van der Waals surface area contributed by atoms with E-state index in [9.17, 15) is 9.59 Å². The van der Waals surface area contributed by atoms with E-state index in [-0.39, 0.29) is 18.2 Å². The van der Waals surface area contributed by atoms with Gasteiger partial charge < -0.3 is 19.7 Å². The molecule has 3 aromatic rings. The van der Waals surface area contributed by atoms with Crippen LogP contribution in [0.2, 0.25) is 5.02 Å². The predicted octanol–water partition coefficient (Wildman–Crippen LogP) is 3.71. The lowest BCUT2D eigenvalue weighted by Gasteiger charge is -2.22. The Morgan fingerprint density at radius 3 is 2.86 bits per heavy atom. The summed E-state index contributed by atoms with van der Waals surface area (Å²) in [6.07, 6.45) is 0.150. The molecule has 0 aliphatic carbocycles. The maximum absolute atomic E-state index is 12.7. The van der Waals surface area contributed by atoms with Crippen LogP contribution in [0.1, 0.15) is 6.42 Å². The third kappa shape index (κ3) is 3.49. The third-order valence-corrected chi connectivity index (χ3v) is 6.08. The fraction of sp³-hybridized carbons (Fsp3) is 0.250. The second kappa shape index (κ2) is 7.20. The molecule has 0 saturated carbocycles. The quantitative estimate of drug-likeness (QED) is 0.686. The summed E-state index contributed by atoms with van der Waals surface area (Å²) >= 11 is 7.36. The fourth-order valence-corrected chi connectivity index (χ4v) is 4.64. The van der Waals surface area contributed by atoms with Gasteiger partial charge in [-0.1, -0.05) is 22.9 Å². The Kier molecular flexibility index (Phi) is 4.52. The van der Waals surface area contributed by atoms with Crippen molar-refractivity contribution in [1.82, 2.24) is 4.98 Å². The van der Waals surface area contributed by atoms with E-state index in [1.807, 2.05) is 18.2 Å². The van der Waals surface area contributed by atoms with Gasteiger partial charge >= 0.3 is 0 Å². The third-order valence-electron chi connectivity index (χ3n) is 4.91. The van der Waals surface area contributed by atoms with E-state index in [1.54, 1.807) is 23.1 Å². The van der Waals surface area contributed by atoms with Crippen LogP contribution in [0.3, 0.4) is 0 Å². The molecule has 0 spiro atoms. The summed E-state index contributed by atoms with van der Waals surface area (Å²) in [6, 6.07) is 10.8. The minimum Gasteiger partial charge on any atom is -0.486 e. The number of ether oxygens (including phenoxy) is 2. The van der Waals surface area contributed by atoms with E-state index in [1.165, 1.54) is 11.3 Å². The Morgan fingerprint density at radius 1 is 1.17 bits per heavy atom. The van der Waals surface area contributed by atoms with Gasteiger partial charge in [-0.3, -0.25) is 9.59 Å². The first-order valence-electron chi connectivity index (χ1n) is 9.14. The highest BCUT2D eigenvalue weighted by atomic mass is 35.5. The highest BCUT2D eigenvalue weighted by molar-refractivity contribution is 7.22. The normalized spacial score (nSPS) is 18.3. The Bertz CT molecular complexity index is 1130. The summed E-state index contributed by atoms with van der Waals surface area (Å²) in [5, 5.41) is 3.96. The number of carbonyl (C=O) groups is 2. The molecule has 1 N–H and O–H groups in total. The molecule has 1 aromatic heterocycles. The zero-order valence-corrected chi connectivity index (χ0v) is 16.8. The summed E-state index contributed by atoms with van der Waals surface area (Å²) in [6.45, 7) is 1.29. The van der Waals surface area contributed by atoms with E-state index in [4.69, 9.17) is 21.1 Å². The van der Waals surface area contributed by atoms with E-state index >= 15 is 0 Å². The van der Waals surface area contributed by atoms with Crippen molar-refractivity contribution in [3.05, 3.63) is 41.4 Å². The van der Waals surface area contributed by atoms with Gasteiger partial charge in [0.15, 0.2) is 16.6 Å². The van der Waals surface area contributed by atoms with E-state index in [0.29, 0.717) is 47.1 Å². The number of nitrogens with zero attached hydrogens (tertiary/aromatic N) is 2. The number of hydrogen-bond donors (Lipinski definition) is 1. The predicted molar refractivity (Wildman–Crippen MR) is 111 cm³/mol. The molecule has 2 aliphatic rings. The molecule has 2 amide bonds. The molecule has 1 saturated heterocycles. The average molecular weight is 430 g/mol. The summed E-state index contributed by atoms with van der Waals surface area (Å²) in [5.74, 6) is 0.507. The van der Waals surface area contributed by atoms with Gasteiger partial charge in [-0.05, 0) is 30.3 Å². The molecule has 3 heterocycles. The number of carbonyl (C=O) groups excluding carboxylic acids is 2. The number of halogens is 1. The zero-order chi connectivity index (χ0) is 20.0. The molecular formula is C20H16ClN3O4S. The van der Waals surface area contributed by atoms with Gasteiger partial charge in [0.2, 0.25) is 11.8 Å². The Balaban J connectivity index is 1.31. The minimum absolute atomic E-state index is 0.0992. The maximum Gasteiger partial charge on any atom is 0.231 e. The number of rotatable bonds is 3. The number of hydrogen-bond acceptors (Lipinski definition) is 6. The van der Waals surface area contributed by atoms with Crippen LogP contribution in [0.4, 0.5) is 10.8 Å². The minimum atomic E-state index is -0.452. The standard InChI is InChI=1S/C20H16ClN3O4S/c21-12-1-3-14-17(8-12)29-20(22-14)23-19(26)11-7-18(25)24(10-11)13-2-4-15-16(9-13)28-6-5-27-15/h1-4,8-9,11H,5-7,10H2,(H,22,23,26)/t11-/m1/s1. The van der Waals surface area contributed by atoms with Crippen molar-refractivity contribution < 1.29 is 19.1 Å². The number of amides is 2.